The molecule has 0 bridgehead atoms. The third-order valence-electron chi connectivity index (χ3n) is 18.9. The van der Waals surface area contributed by atoms with Crippen LogP contribution in [-0.4, -0.2) is 96.7 Å². The second kappa shape index (κ2) is 72.0. The summed E-state index contributed by atoms with van der Waals surface area (Å²) in [7, 11) is -9.91. The molecule has 0 fully saturated rings. The monoisotopic (exact) mass is 1440 g/mol. The quantitative estimate of drug-likeness (QED) is 0.0222. The van der Waals surface area contributed by atoms with Crippen molar-refractivity contribution in [2.75, 3.05) is 39.6 Å². The Labute approximate surface area is 600 Å². The third-order valence-corrected chi connectivity index (χ3v) is 20.8. The van der Waals surface area contributed by atoms with Gasteiger partial charge in [0, 0.05) is 25.7 Å². The normalized spacial score (nSPS) is 14.2. The van der Waals surface area contributed by atoms with Crippen LogP contribution in [0, 0.1) is 5.92 Å². The topological polar surface area (TPSA) is 237 Å². The highest BCUT2D eigenvalue weighted by molar-refractivity contribution is 7.47. The maximum absolute atomic E-state index is 13.1. The number of phosphoric acid groups is 2. The van der Waals surface area contributed by atoms with E-state index >= 15 is 0 Å². The van der Waals surface area contributed by atoms with Crippen LogP contribution in [0.4, 0.5) is 0 Å². The number of hydrogen-bond acceptors (Lipinski definition) is 15. The minimum atomic E-state index is -4.96. The van der Waals surface area contributed by atoms with Crippen molar-refractivity contribution < 1.29 is 80.2 Å². The van der Waals surface area contributed by atoms with Crippen LogP contribution in [0.15, 0.2) is 0 Å². The molecule has 3 N–H and O–H groups in total. The minimum Gasteiger partial charge on any atom is -0.462 e. The van der Waals surface area contributed by atoms with E-state index in [-0.39, 0.29) is 25.7 Å². The zero-order valence-corrected chi connectivity index (χ0v) is 65.7. The molecule has 0 aromatic rings. The fourth-order valence-corrected chi connectivity index (χ4v) is 13.8. The number of unbranched alkanes of at least 4 members (excludes halogenated alkanes) is 50. The first kappa shape index (κ1) is 96.1. The summed E-state index contributed by atoms with van der Waals surface area (Å²) in [5, 5.41) is 10.6. The number of ether oxygens (including phenoxy) is 4. The minimum absolute atomic E-state index is 0.108. The van der Waals surface area contributed by atoms with E-state index in [9.17, 15) is 43.2 Å². The molecule has 0 saturated carbocycles. The van der Waals surface area contributed by atoms with Gasteiger partial charge in [-0.1, -0.05) is 369 Å². The molecule has 0 aliphatic carbocycles. The molecule has 19 heteroatoms. The number of aliphatic hydroxyl groups excluding tert-OH is 1. The Morgan fingerprint density at radius 2 is 0.490 bits per heavy atom. The largest absolute Gasteiger partial charge is 0.472 e. The van der Waals surface area contributed by atoms with Gasteiger partial charge in [-0.3, -0.25) is 37.3 Å². The first-order chi connectivity index (χ1) is 47.6. The zero-order chi connectivity index (χ0) is 71.9. The van der Waals surface area contributed by atoms with Crippen molar-refractivity contribution in [1.29, 1.82) is 0 Å². The van der Waals surface area contributed by atoms with Crippen LogP contribution < -0.4 is 0 Å². The summed E-state index contributed by atoms with van der Waals surface area (Å²) in [5.74, 6) is -1.26. The maximum atomic E-state index is 13.1. The van der Waals surface area contributed by atoms with Gasteiger partial charge in [0.05, 0.1) is 26.4 Å². The van der Waals surface area contributed by atoms with E-state index in [2.05, 4.69) is 34.6 Å². The van der Waals surface area contributed by atoms with Crippen LogP contribution in [0.1, 0.15) is 420 Å². The first-order valence-corrected chi connectivity index (χ1v) is 44.2. The van der Waals surface area contributed by atoms with Gasteiger partial charge < -0.3 is 33.8 Å². The molecule has 0 spiro atoms. The predicted octanol–water partition coefficient (Wildman–Crippen LogP) is 23.6. The molecule has 0 aromatic heterocycles. The van der Waals surface area contributed by atoms with E-state index in [1.165, 1.54) is 244 Å². The van der Waals surface area contributed by atoms with Crippen LogP contribution in [0.25, 0.3) is 0 Å². The van der Waals surface area contributed by atoms with Gasteiger partial charge in [0.1, 0.15) is 19.3 Å². The van der Waals surface area contributed by atoms with Crippen molar-refractivity contribution in [3.63, 3.8) is 0 Å². The lowest BCUT2D eigenvalue weighted by Gasteiger charge is -2.21. The lowest BCUT2D eigenvalue weighted by atomic mass is 9.99. The van der Waals surface area contributed by atoms with Gasteiger partial charge in [-0.25, -0.2) is 9.13 Å². The van der Waals surface area contributed by atoms with Crippen LogP contribution in [0.5, 0.6) is 0 Å². The molecular formula is C79H154O17P2. The Balaban J connectivity index is 5.23. The van der Waals surface area contributed by atoms with Gasteiger partial charge in [-0.15, -0.1) is 0 Å². The second-order valence-electron chi connectivity index (χ2n) is 28.7. The molecule has 17 nitrogen and oxygen atoms in total. The predicted molar refractivity (Wildman–Crippen MR) is 400 cm³/mol. The van der Waals surface area contributed by atoms with Crippen molar-refractivity contribution in [2.24, 2.45) is 5.92 Å². The van der Waals surface area contributed by atoms with Gasteiger partial charge >= 0.3 is 39.5 Å². The van der Waals surface area contributed by atoms with Crippen molar-refractivity contribution in [2.45, 2.75) is 438 Å². The summed E-state index contributed by atoms with van der Waals surface area (Å²) in [6, 6.07) is 0. The maximum Gasteiger partial charge on any atom is 0.472 e. The molecule has 0 aliphatic heterocycles. The van der Waals surface area contributed by atoms with E-state index in [0.29, 0.717) is 25.7 Å². The molecule has 0 aliphatic rings. The molecule has 0 heterocycles. The SMILES string of the molecule is CCCCCCCCCCCCCCCCCCCC(=O)OC[C@H](COP(=O)(O)OC[C@@H](O)COP(=O)(O)OC[C@@H](COC(=O)CCCCCCCCCCC)OC(=O)CCCCCCCCCCCCCCCC)OC(=O)CCCCCCCCCCCCCCCCC(C)CC. The van der Waals surface area contributed by atoms with Crippen molar-refractivity contribution in [3.05, 3.63) is 0 Å². The average Bonchev–Trinajstić information content (AvgIpc) is 0.961. The number of carbonyl (C=O) groups is 4. The standard InChI is InChI=1S/C79H154O17P2/c1-6-10-13-16-19-22-24-26-28-29-30-35-38-43-48-53-58-63-77(82)90-69-75(96-79(84)65-60-55-50-45-40-36-32-31-33-37-42-46-51-56-61-72(5)9-4)71-94-98(87,88)92-67-73(80)66-91-97(85,86)93-70-74(68-89-76(81)62-57-52-47-41-21-18-15-12-8-3)95-78(83)64-59-54-49-44-39-34-27-25-23-20-17-14-11-7-2/h72-75,80H,6-71H2,1-5H3,(H,85,86)(H,87,88)/t72?,73-,74+,75+/m0/s1. The van der Waals surface area contributed by atoms with E-state index in [1.54, 1.807) is 0 Å². The first-order valence-electron chi connectivity index (χ1n) is 41.2. The number of rotatable bonds is 79. The van der Waals surface area contributed by atoms with Crippen LogP contribution in [0.2, 0.25) is 0 Å². The third kappa shape index (κ3) is 71.1. The molecule has 98 heavy (non-hydrogen) atoms. The van der Waals surface area contributed by atoms with E-state index in [1.807, 2.05) is 0 Å². The highest BCUT2D eigenvalue weighted by Crippen LogP contribution is 2.45. The summed E-state index contributed by atoms with van der Waals surface area (Å²) < 4.78 is 68.6. The number of carbonyl (C=O) groups excluding carboxylic acids is 4. The zero-order valence-electron chi connectivity index (χ0n) is 63.9. The van der Waals surface area contributed by atoms with Gasteiger partial charge in [0.15, 0.2) is 12.2 Å². The Morgan fingerprint density at radius 3 is 0.724 bits per heavy atom. The summed E-state index contributed by atoms with van der Waals surface area (Å²) in [6.07, 6.45) is 62.3. The summed E-state index contributed by atoms with van der Waals surface area (Å²) in [4.78, 5) is 72.9. The molecule has 6 atom stereocenters. The molecule has 3 unspecified atom stereocenters. The summed E-state index contributed by atoms with van der Waals surface area (Å²) >= 11 is 0. The Kier molecular flexibility index (Phi) is 70.6. The fraction of sp³-hybridized carbons (Fsp3) is 0.949. The molecule has 0 amide bonds. The van der Waals surface area contributed by atoms with E-state index in [0.717, 1.165) is 95.8 Å². The molecule has 0 rings (SSSR count). The number of aliphatic hydroxyl groups is 1. The lowest BCUT2D eigenvalue weighted by Crippen LogP contribution is -2.30. The van der Waals surface area contributed by atoms with Gasteiger partial charge in [-0.2, -0.15) is 0 Å². The van der Waals surface area contributed by atoms with E-state index < -0.39 is 97.5 Å². The average molecular weight is 1440 g/mol. The van der Waals surface area contributed by atoms with Gasteiger partial charge in [-0.05, 0) is 31.6 Å². The van der Waals surface area contributed by atoms with Crippen molar-refractivity contribution in [3.8, 4) is 0 Å². The van der Waals surface area contributed by atoms with Gasteiger partial charge in [0.2, 0.25) is 0 Å². The molecule has 582 valence electrons. The highest BCUT2D eigenvalue weighted by Gasteiger charge is 2.30. The number of phosphoric ester groups is 2. The van der Waals surface area contributed by atoms with Crippen molar-refractivity contribution in [1.82, 2.24) is 0 Å². The highest BCUT2D eigenvalue weighted by atomic mass is 31.2. The lowest BCUT2D eigenvalue weighted by molar-refractivity contribution is -0.161. The second-order valence-corrected chi connectivity index (χ2v) is 31.6. The molecule has 0 aromatic carbocycles. The fourth-order valence-electron chi connectivity index (χ4n) is 12.2. The molecule has 0 saturated heterocycles. The van der Waals surface area contributed by atoms with Gasteiger partial charge in [0.25, 0.3) is 0 Å². The number of esters is 4. The van der Waals surface area contributed by atoms with E-state index in [4.69, 9.17) is 37.0 Å². The smallest absolute Gasteiger partial charge is 0.462 e. The van der Waals surface area contributed by atoms with Crippen LogP contribution in [-0.2, 0) is 65.4 Å². The molecule has 0 radical (unpaired) electrons. The van der Waals surface area contributed by atoms with Crippen molar-refractivity contribution >= 4 is 39.5 Å². The Hall–Kier alpha value is -1.94. The Morgan fingerprint density at radius 1 is 0.286 bits per heavy atom. The number of hydrogen-bond donors (Lipinski definition) is 3. The van der Waals surface area contributed by atoms with Crippen LogP contribution >= 0.6 is 15.6 Å². The Bertz CT molecular complexity index is 1880. The molecular weight excluding hydrogens is 1280 g/mol. The summed E-state index contributed by atoms with van der Waals surface area (Å²) in [5.41, 5.74) is 0. The summed E-state index contributed by atoms with van der Waals surface area (Å²) in [6.45, 7) is 7.36. The van der Waals surface area contributed by atoms with Crippen LogP contribution in [0.3, 0.4) is 0 Å².